The molecule has 0 radical (unpaired) electrons. The summed E-state index contributed by atoms with van der Waals surface area (Å²) >= 11 is 6.03. The van der Waals surface area contributed by atoms with Crippen molar-refractivity contribution in [2.24, 2.45) is 0 Å². The highest BCUT2D eigenvalue weighted by Gasteiger charge is 2.17. The summed E-state index contributed by atoms with van der Waals surface area (Å²) in [4.78, 5) is 7.89. The van der Waals surface area contributed by atoms with Gasteiger partial charge in [-0.2, -0.15) is 0 Å². The van der Waals surface area contributed by atoms with Gasteiger partial charge in [0.05, 0.1) is 5.38 Å². The van der Waals surface area contributed by atoms with Gasteiger partial charge in [-0.05, 0) is 18.2 Å². The highest BCUT2D eigenvalue weighted by molar-refractivity contribution is 6.20. The standard InChI is InChI=1S/C12H9ClF2N2/c13-9(12-16-5-2-6-17-12)7-8-10(14)3-1-4-11(8)15/h1-6,9H,7H2. The van der Waals surface area contributed by atoms with Crippen LogP contribution in [0.4, 0.5) is 8.78 Å². The maximum absolute atomic E-state index is 13.4. The fourth-order valence-corrected chi connectivity index (χ4v) is 1.74. The molecular formula is C12H9ClF2N2. The number of aromatic nitrogens is 2. The van der Waals surface area contributed by atoms with E-state index in [4.69, 9.17) is 11.6 Å². The smallest absolute Gasteiger partial charge is 0.146 e. The molecule has 5 heteroatoms. The molecule has 0 aliphatic heterocycles. The van der Waals surface area contributed by atoms with Crippen LogP contribution in [0.25, 0.3) is 0 Å². The molecule has 1 heterocycles. The van der Waals surface area contributed by atoms with Crippen molar-refractivity contribution in [3.8, 4) is 0 Å². The van der Waals surface area contributed by atoms with Gasteiger partial charge < -0.3 is 0 Å². The highest BCUT2D eigenvalue weighted by Crippen LogP contribution is 2.24. The second-order valence-corrected chi connectivity index (χ2v) is 4.01. The van der Waals surface area contributed by atoms with Gasteiger partial charge in [-0.1, -0.05) is 6.07 Å². The summed E-state index contributed by atoms with van der Waals surface area (Å²) in [7, 11) is 0. The number of rotatable bonds is 3. The quantitative estimate of drug-likeness (QED) is 0.786. The first kappa shape index (κ1) is 11.9. The van der Waals surface area contributed by atoms with Crippen LogP contribution in [-0.4, -0.2) is 9.97 Å². The normalized spacial score (nSPS) is 12.4. The van der Waals surface area contributed by atoms with E-state index < -0.39 is 17.0 Å². The van der Waals surface area contributed by atoms with Crippen molar-refractivity contribution in [2.45, 2.75) is 11.8 Å². The van der Waals surface area contributed by atoms with Crippen molar-refractivity contribution < 1.29 is 8.78 Å². The van der Waals surface area contributed by atoms with Gasteiger partial charge in [-0.25, -0.2) is 18.7 Å². The fourth-order valence-electron chi connectivity index (χ4n) is 1.47. The van der Waals surface area contributed by atoms with E-state index in [1.807, 2.05) is 0 Å². The Hall–Kier alpha value is -1.55. The van der Waals surface area contributed by atoms with Gasteiger partial charge in [0.25, 0.3) is 0 Å². The van der Waals surface area contributed by atoms with E-state index in [0.717, 1.165) is 0 Å². The largest absolute Gasteiger partial charge is 0.240 e. The molecule has 2 aromatic rings. The molecule has 0 saturated heterocycles. The Balaban J connectivity index is 2.22. The summed E-state index contributed by atoms with van der Waals surface area (Å²) < 4.78 is 26.8. The number of alkyl halides is 1. The lowest BCUT2D eigenvalue weighted by molar-refractivity contribution is 0.551. The Labute approximate surface area is 102 Å². The van der Waals surface area contributed by atoms with Crippen LogP contribution in [0.15, 0.2) is 36.7 Å². The molecule has 1 aromatic heterocycles. The Bertz CT molecular complexity index is 485. The van der Waals surface area contributed by atoms with Gasteiger partial charge in [0.2, 0.25) is 0 Å². The van der Waals surface area contributed by atoms with E-state index in [1.165, 1.54) is 30.6 Å². The van der Waals surface area contributed by atoms with Crippen LogP contribution in [0.5, 0.6) is 0 Å². The van der Waals surface area contributed by atoms with Gasteiger partial charge in [0.1, 0.15) is 17.5 Å². The molecule has 0 N–H and O–H groups in total. The first-order valence-electron chi connectivity index (χ1n) is 5.02. The minimum Gasteiger partial charge on any atom is -0.240 e. The third-order valence-corrected chi connectivity index (χ3v) is 2.66. The molecule has 0 saturated carbocycles. The van der Waals surface area contributed by atoms with Crippen LogP contribution in [0.1, 0.15) is 16.8 Å². The monoisotopic (exact) mass is 254 g/mol. The van der Waals surface area contributed by atoms with E-state index in [1.54, 1.807) is 6.07 Å². The lowest BCUT2D eigenvalue weighted by Gasteiger charge is -2.09. The topological polar surface area (TPSA) is 25.8 Å². The maximum atomic E-state index is 13.4. The van der Waals surface area contributed by atoms with Gasteiger partial charge in [-0.15, -0.1) is 11.6 Å². The maximum Gasteiger partial charge on any atom is 0.146 e. The second-order valence-electron chi connectivity index (χ2n) is 3.48. The van der Waals surface area contributed by atoms with E-state index >= 15 is 0 Å². The van der Waals surface area contributed by atoms with Crippen LogP contribution in [0, 0.1) is 11.6 Å². The molecular weight excluding hydrogens is 246 g/mol. The van der Waals surface area contributed by atoms with E-state index in [-0.39, 0.29) is 12.0 Å². The van der Waals surface area contributed by atoms with Crippen LogP contribution < -0.4 is 0 Å². The summed E-state index contributed by atoms with van der Waals surface area (Å²) in [5.41, 5.74) is -0.0417. The van der Waals surface area contributed by atoms with E-state index in [0.29, 0.717) is 5.82 Å². The van der Waals surface area contributed by atoms with Crippen molar-refractivity contribution in [2.75, 3.05) is 0 Å². The molecule has 2 nitrogen and oxygen atoms in total. The molecule has 0 aliphatic rings. The van der Waals surface area contributed by atoms with Crippen LogP contribution in [0.3, 0.4) is 0 Å². The molecule has 0 amide bonds. The Kier molecular flexibility index (Phi) is 3.64. The zero-order valence-corrected chi connectivity index (χ0v) is 9.53. The Morgan fingerprint density at radius 3 is 2.24 bits per heavy atom. The molecule has 17 heavy (non-hydrogen) atoms. The predicted octanol–water partition coefficient (Wildman–Crippen LogP) is 3.28. The fraction of sp³-hybridized carbons (Fsp3) is 0.167. The van der Waals surface area contributed by atoms with Gasteiger partial charge >= 0.3 is 0 Å². The third-order valence-electron chi connectivity index (χ3n) is 2.31. The second kappa shape index (κ2) is 5.19. The van der Waals surface area contributed by atoms with E-state index in [2.05, 4.69) is 9.97 Å². The summed E-state index contributed by atoms with van der Waals surface area (Å²) in [5.74, 6) is -0.852. The number of benzene rings is 1. The zero-order valence-electron chi connectivity index (χ0n) is 8.78. The van der Waals surface area contributed by atoms with Crippen molar-refractivity contribution in [1.82, 2.24) is 9.97 Å². The highest BCUT2D eigenvalue weighted by atomic mass is 35.5. The van der Waals surface area contributed by atoms with Crippen molar-refractivity contribution in [3.63, 3.8) is 0 Å². The SMILES string of the molecule is Fc1cccc(F)c1CC(Cl)c1ncccn1. The van der Waals surface area contributed by atoms with Gasteiger partial charge in [0.15, 0.2) is 0 Å². The predicted molar refractivity (Wildman–Crippen MR) is 60.7 cm³/mol. The number of hydrogen-bond acceptors (Lipinski definition) is 2. The van der Waals surface area contributed by atoms with Crippen molar-refractivity contribution in [1.29, 1.82) is 0 Å². The first-order valence-corrected chi connectivity index (χ1v) is 5.46. The lowest BCUT2D eigenvalue weighted by atomic mass is 10.1. The van der Waals surface area contributed by atoms with E-state index in [9.17, 15) is 8.78 Å². The molecule has 2 rings (SSSR count). The molecule has 1 unspecified atom stereocenters. The lowest BCUT2D eigenvalue weighted by Crippen LogP contribution is -2.04. The molecule has 0 spiro atoms. The van der Waals surface area contributed by atoms with Crippen molar-refractivity contribution >= 4 is 11.6 Å². The summed E-state index contributed by atoms with van der Waals surface area (Å²) in [6, 6.07) is 5.37. The number of halogens is 3. The molecule has 1 atom stereocenters. The summed E-state index contributed by atoms with van der Waals surface area (Å²) in [6.45, 7) is 0. The van der Waals surface area contributed by atoms with Gasteiger partial charge in [-0.3, -0.25) is 0 Å². The molecule has 0 aliphatic carbocycles. The number of nitrogens with zero attached hydrogens (tertiary/aromatic N) is 2. The average molecular weight is 255 g/mol. The average Bonchev–Trinajstić information content (AvgIpc) is 2.35. The van der Waals surface area contributed by atoms with Crippen LogP contribution in [-0.2, 0) is 6.42 Å². The van der Waals surface area contributed by atoms with Gasteiger partial charge in [0, 0.05) is 24.4 Å². The van der Waals surface area contributed by atoms with Crippen LogP contribution in [0.2, 0.25) is 0 Å². The first-order chi connectivity index (χ1) is 8.18. The zero-order chi connectivity index (χ0) is 12.3. The minimum atomic E-state index is -0.650. The molecule has 0 fully saturated rings. The Morgan fingerprint density at radius 2 is 1.65 bits per heavy atom. The van der Waals surface area contributed by atoms with Crippen molar-refractivity contribution in [3.05, 3.63) is 59.7 Å². The minimum absolute atomic E-state index is 0.0179. The summed E-state index contributed by atoms with van der Waals surface area (Å²) in [5, 5.41) is -0.650. The van der Waals surface area contributed by atoms with Crippen LogP contribution >= 0.6 is 11.6 Å². The molecule has 88 valence electrons. The molecule has 1 aromatic carbocycles. The third kappa shape index (κ3) is 2.77. The summed E-state index contributed by atoms with van der Waals surface area (Å²) in [6.07, 6.45) is 3.09. The Morgan fingerprint density at radius 1 is 1.06 bits per heavy atom. The number of hydrogen-bond donors (Lipinski definition) is 0. The molecule has 0 bridgehead atoms.